The lowest BCUT2D eigenvalue weighted by Crippen LogP contribution is -2.31. The van der Waals surface area contributed by atoms with Gasteiger partial charge in [0, 0.05) is 11.3 Å². The Bertz CT molecular complexity index is 1020. The fourth-order valence-electron chi connectivity index (χ4n) is 4.08. The molecule has 5 heteroatoms. The smallest absolute Gasteiger partial charge is 0.251 e. The molecule has 1 aromatic heterocycles. The van der Waals surface area contributed by atoms with Crippen molar-refractivity contribution in [2.45, 2.75) is 45.7 Å². The molecule has 0 radical (unpaired) electrons. The van der Waals surface area contributed by atoms with Gasteiger partial charge in [-0.25, -0.2) is 0 Å². The summed E-state index contributed by atoms with van der Waals surface area (Å²) < 4.78 is 7.32. The highest BCUT2D eigenvalue weighted by Crippen LogP contribution is 2.32. The van der Waals surface area contributed by atoms with E-state index in [-0.39, 0.29) is 11.9 Å². The van der Waals surface area contributed by atoms with Gasteiger partial charge in [-0.1, -0.05) is 18.2 Å². The summed E-state index contributed by atoms with van der Waals surface area (Å²) >= 11 is 0. The van der Waals surface area contributed by atoms with Crippen molar-refractivity contribution in [1.29, 1.82) is 0 Å². The molecular weight excluding hydrogens is 362 g/mol. The van der Waals surface area contributed by atoms with Crippen LogP contribution in [0.3, 0.4) is 0 Å². The Balaban J connectivity index is 1.45. The second-order valence-corrected chi connectivity index (χ2v) is 7.76. The predicted molar refractivity (Wildman–Crippen MR) is 113 cm³/mol. The van der Waals surface area contributed by atoms with Crippen LogP contribution >= 0.6 is 0 Å². The molecule has 0 fully saturated rings. The maximum absolute atomic E-state index is 12.8. The standard InChI is InChI=1S/C24H27N3O2/c1-16-13-17(2)27(26-16)15-18-7-9-19(10-8-18)24(28)25-23-6-4-5-20-14-21(29-3)11-12-22(20)23/h7-14,23H,4-6,15H2,1-3H3,(H,25,28). The Morgan fingerprint density at radius 1 is 1.17 bits per heavy atom. The maximum Gasteiger partial charge on any atom is 0.251 e. The van der Waals surface area contributed by atoms with Crippen LogP contribution in [0.25, 0.3) is 0 Å². The van der Waals surface area contributed by atoms with E-state index in [1.165, 1.54) is 11.1 Å². The molecule has 0 saturated heterocycles. The van der Waals surface area contributed by atoms with Crippen LogP contribution in [0, 0.1) is 13.8 Å². The molecule has 0 spiro atoms. The summed E-state index contributed by atoms with van der Waals surface area (Å²) in [6.45, 7) is 4.76. The Labute approximate surface area is 171 Å². The van der Waals surface area contributed by atoms with Gasteiger partial charge >= 0.3 is 0 Å². The summed E-state index contributed by atoms with van der Waals surface area (Å²) in [6, 6.07) is 16.1. The van der Waals surface area contributed by atoms with Gasteiger partial charge in [0.05, 0.1) is 25.4 Å². The van der Waals surface area contributed by atoms with Crippen molar-refractivity contribution >= 4 is 5.91 Å². The summed E-state index contributed by atoms with van der Waals surface area (Å²) in [5.41, 5.74) is 6.43. The van der Waals surface area contributed by atoms with E-state index in [1.807, 2.05) is 41.9 Å². The number of amides is 1. The number of nitrogens with zero attached hydrogens (tertiary/aromatic N) is 2. The van der Waals surface area contributed by atoms with E-state index >= 15 is 0 Å². The second-order valence-electron chi connectivity index (χ2n) is 7.76. The number of fused-ring (bicyclic) bond motifs is 1. The Hall–Kier alpha value is -3.08. The first-order chi connectivity index (χ1) is 14.0. The number of hydrogen-bond acceptors (Lipinski definition) is 3. The lowest BCUT2D eigenvalue weighted by molar-refractivity contribution is 0.0932. The first kappa shape index (κ1) is 19.2. The summed E-state index contributed by atoms with van der Waals surface area (Å²) in [5.74, 6) is 0.838. The summed E-state index contributed by atoms with van der Waals surface area (Å²) in [6.07, 6.45) is 3.05. The lowest BCUT2D eigenvalue weighted by Gasteiger charge is -2.27. The fraction of sp³-hybridized carbons (Fsp3) is 0.333. The van der Waals surface area contributed by atoms with Crippen molar-refractivity contribution in [3.05, 3.63) is 82.2 Å². The number of ether oxygens (including phenoxy) is 1. The number of hydrogen-bond donors (Lipinski definition) is 1. The predicted octanol–water partition coefficient (Wildman–Crippen LogP) is 4.36. The molecule has 2 aromatic carbocycles. The molecule has 29 heavy (non-hydrogen) atoms. The van der Waals surface area contributed by atoms with Crippen molar-refractivity contribution in [3.63, 3.8) is 0 Å². The molecule has 0 bridgehead atoms. The molecular formula is C24H27N3O2. The van der Waals surface area contributed by atoms with Crippen LogP contribution in [-0.2, 0) is 13.0 Å². The number of aromatic nitrogens is 2. The Morgan fingerprint density at radius 3 is 2.66 bits per heavy atom. The SMILES string of the molecule is COc1ccc2c(c1)CCCC2NC(=O)c1ccc(Cn2nc(C)cc2C)cc1. The molecule has 1 aliphatic carbocycles. The molecule has 150 valence electrons. The van der Waals surface area contributed by atoms with Crippen LogP contribution in [0.2, 0.25) is 0 Å². The van der Waals surface area contributed by atoms with Crippen molar-refractivity contribution in [2.75, 3.05) is 7.11 Å². The minimum Gasteiger partial charge on any atom is -0.497 e. The largest absolute Gasteiger partial charge is 0.497 e. The zero-order valence-electron chi connectivity index (χ0n) is 17.2. The first-order valence-corrected chi connectivity index (χ1v) is 10.1. The second kappa shape index (κ2) is 8.11. The third-order valence-electron chi connectivity index (χ3n) is 5.62. The monoisotopic (exact) mass is 389 g/mol. The maximum atomic E-state index is 12.8. The molecule has 3 aromatic rings. The van der Waals surface area contributed by atoms with E-state index in [4.69, 9.17) is 4.74 Å². The molecule has 1 N–H and O–H groups in total. The van der Waals surface area contributed by atoms with E-state index in [0.717, 1.165) is 42.0 Å². The average Bonchev–Trinajstić information content (AvgIpc) is 3.05. The topological polar surface area (TPSA) is 56.1 Å². The number of carbonyl (C=O) groups excluding carboxylic acids is 1. The Kier molecular flexibility index (Phi) is 5.38. The van der Waals surface area contributed by atoms with Crippen LogP contribution < -0.4 is 10.1 Å². The molecule has 4 rings (SSSR count). The third kappa shape index (κ3) is 4.19. The Morgan fingerprint density at radius 2 is 1.97 bits per heavy atom. The number of nitrogens with one attached hydrogen (secondary N) is 1. The van der Waals surface area contributed by atoms with E-state index in [9.17, 15) is 4.79 Å². The summed E-state index contributed by atoms with van der Waals surface area (Å²) in [7, 11) is 1.68. The van der Waals surface area contributed by atoms with Gasteiger partial charge in [-0.15, -0.1) is 0 Å². The summed E-state index contributed by atoms with van der Waals surface area (Å²) in [5, 5.41) is 7.72. The van der Waals surface area contributed by atoms with Gasteiger partial charge < -0.3 is 10.1 Å². The third-order valence-corrected chi connectivity index (χ3v) is 5.62. The molecule has 5 nitrogen and oxygen atoms in total. The van der Waals surface area contributed by atoms with E-state index < -0.39 is 0 Å². The van der Waals surface area contributed by atoms with Crippen LogP contribution in [0.15, 0.2) is 48.5 Å². The van der Waals surface area contributed by atoms with Gasteiger partial charge in [-0.3, -0.25) is 9.48 Å². The average molecular weight is 389 g/mol. The summed E-state index contributed by atoms with van der Waals surface area (Å²) in [4.78, 5) is 12.8. The van der Waals surface area contributed by atoms with Gasteiger partial charge in [-0.2, -0.15) is 5.10 Å². The van der Waals surface area contributed by atoms with Crippen LogP contribution in [-0.4, -0.2) is 22.8 Å². The quantitative estimate of drug-likeness (QED) is 0.705. The van der Waals surface area contributed by atoms with Gasteiger partial charge in [0.1, 0.15) is 5.75 Å². The molecule has 1 atom stereocenters. The molecule has 1 unspecified atom stereocenters. The van der Waals surface area contributed by atoms with E-state index in [1.54, 1.807) is 7.11 Å². The highest BCUT2D eigenvalue weighted by Gasteiger charge is 2.22. The number of methoxy groups -OCH3 is 1. The lowest BCUT2D eigenvalue weighted by atomic mass is 9.87. The fourth-order valence-corrected chi connectivity index (χ4v) is 4.08. The molecule has 0 aliphatic heterocycles. The first-order valence-electron chi connectivity index (χ1n) is 10.1. The normalized spacial score (nSPS) is 15.6. The number of carbonyl (C=O) groups is 1. The van der Waals surface area contributed by atoms with Gasteiger partial charge in [-0.05, 0) is 80.1 Å². The molecule has 1 amide bonds. The van der Waals surface area contributed by atoms with Gasteiger partial charge in [0.2, 0.25) is 0 Å². The van der Waals surface area contributed by atoms with E-state index in [0.29, 0.717) is 12.1 Å². The van der Waals surface area contributed by atoms with Crippen LogP contribution in [0.1, 0.15) is 57.3 Å². The number of benzene rings is 2. The molecule has 0 saturated carbocycles. The van der Waals surface area contributed by atoms with Crippen LogP contribution in [0.5, 0.6) is 5.75 Å². The van der Waals surface area contributed by atoms with Gasteiger partial charge in [0.15, 0.2) is 0 Å². The van der Waals surface area contributed by atoms with Crippen LogP contribution in [0.4, 0.5) is 0 Å². The van der Waals surface area contributed by atoms with Crippen molar-refractivity contribution in [2.24, 2.45) is 0 Å². The minimum atomic E-state index is -0.0312. The molecule has 1 aliphatic rings. The van der Waals surface area contributed by atoms with Crippen molar-refractivity contribution in [1.82, 2.24) is 15.1 Å². The van der Waals surface area contributed by atoms with Gasteiger partial charge in [0.25, 0.3) is 5.91 Å². The highest BCUT2D eigenvalue weighted by atomic mass is 16.5. The van der Waals surface area contributed by atoms with Crippen molar-refractivity contribution < 1.29 is 9.53 Å². The highest BCUT2D eigenvalue weighted by molar-refractivity contribution is 5.94. The zero-order chi connectivity index (χ0) is 20.4. The number of rotatable bonds is 5. The number of aryl methyl sites for hydroxylation is 3. The van der Waals surface area contributed by atoms with E-state index in [2.05, 4.69) is 35.5 Å². The zero-order valence-corrected chi connectivity index (χ0v) is 17.2. The van der Waals surface area contributed by atoms with Crippen molar-refractivity contribution in [3.8, 4) is 5.75 Å². The molecule has 1 heterocycles. The minimum absolute atomic E-state index is 0.0312.